The van der Waals surface area contributed by atoms with Crippen LogP contribution in [0.4, 0.5) is 5.69 Å². The number of β-amino-alcohol motifs (C(OH)–C–C–N with tert-alkyl or cyclic N) is 1. The van der Waals surface area contributed by atoms with Gasteiger partial charge in [-0.3, -0.25) is 4.90 Å². The van der Waals surface area contributed by atoms with Crippen LogP contribution in [-0.4, -0.2) is 93.2 Å². The van der Waals surface area contributed by atoms with Gasteiger partial charge in [-0.2, -0.15) is 10.2 Å². The number of nitrogens with zero attached hydrogens (tertiary/aromatic N) is 3. The van der Waals surface area contributed by atoms with Crippen LogP contribution in [0.25, 0.3) is 11.3 Å². The largest absolute Gasteiger partial charge is 0.497 e. The normalized spacial score (nSPS) is 22.4. The highest BCUT2D eigenvalue weighted by atomic mass is 16.5. The maximum atomic E-state index is 10.1. The third kappa shape index (κ3) is 6.37. The summed E-state index contributed by atoms with van der Waals surface area (Å²) in [4.78, 5) is 1.84. The molecule has 0 radical (unpaired) electrons. The SMILES string of the molecule is COc1cc(NCCc2ccc(CCN3C[C@H](O)[C@@H](O)[C@H](O)[C@H]3CO)cc2)cc(-c2cccnn2)c1. The predicted molar refractivity (Wildman–Crippen MR) is 137 cm³/mol. The Morgan fingerprint density at radius 2 is 1.75 bits per heavy atom. The number of rotatable bonds is 10. The van der Waals surface area contributed by atoms with Crippen LogP contribution >= 0.6 is 0 Å². The molecule has 192 valence electrons. The van der Waals surface area contributed by atoms with Crippen LogP contribution in [-0.2, 0) is 12.8 Å². The van der Waals surface area contributed by atoms with E-state index in [1.165, 1.54) is 5.56 Å². The van der Waals surface area contributed by atoms with E-state index in [4.69, 9.17) is 4.74 Å². The maximum Gasteiger partial charge on any atom is 0.121 e. The molecule has 3 aromatic rings. The highest BCUT2D eigenvalue weighted by molar-refractivity contribution is 5.67. The average Bonchev–Trinajstić information content (AvgIpc) is 2.91. The van der Waals surface area contributed by atoms with Gasteiger partial charge in [0.15, 0.2) is 0 Å². The molecule has 9 heteroatoms. The summed E-state index contributed by atoms with van der Waals surface area (Å²) in [7, 11) is 1.64. The first-order valence-corrected chi connectivity index (χ1v) is 12.2. The van der Waals surface area contributed by atoms with E-state index in [0.29, 0.717) is 13.0 Å². The number of piperidine rings is 1. The van der Waals surface area contributed by atoms with Gasteiger partial charge in [0.05, 0.1) is 31.6 Å². The molecule has 0 unspecified atom stereocenters. The number of benzene rings is 2. The Kier molecular flexibility index (Phi) is 8.84. The van der Waals surface area contributed by atoms with E-state index in [0.717, 1.165) is 41.2 Å². The van der Waals surface area contributed by atoms with E-state index in [9.17, 15) is 20.4 Å². The summed E-state index contributed by atoms with van der Waals surface area (Å²) in [6.45, 7) is 1.26. The predicted octanol–water partition coefficient (Wildman–Crippen LogP) is 1.11. The van der Waals surface area contributed by atoms with Crippen LogP contribution in [0.1, 0.15) is 11.1 Å². The number of aromatic nitrogens is 2. The van der Waals surface area contributed by atoms with Crippen LogP contribution in [0.5, 0.6) is 5.75 Å². The Bertz CT molecular complexity index is 1100. The standard InChI is InChI=1S/C27H34N4O5/c1-36-22-14-20(23-3-2-10-29-30-23)13-21(15-22)28-11-8-18-4-6-19(7-5-18)9-12-31-16-25(33)27(35)26(34)24(31)17-32/h2-7,10,13-15,24-28,32-35H,8-9,11-12,16-17H2,1H3/t24-,25+,26-,27-/m1/s1. The number of likely N-dealkylation sites (tertiary alicyclic amines) is 1. The number of hydrogen-bond acceptors (Lipinski definition) is 9. The number of anilines is 1. The minimum atomic E-state index is -1.23. The molecule has 0 saturated carbocycles. The molecule has 4 atom stereocenters. The van der Waals surface area contributed by atoms with Gasteiger partial charge >= 0.3 is 0 Å². The fraction of sp³-hybridized carbons (Fsp3) is 0.407. The minimum absolute atomic E-state index is 0.218. The molecule has 2 heterocycles. The third-order valence-corrected chi connectivity index (χ3v) is 6.68. The van der Waals surface area contributed by atoms with Gasteiger partial charge in [-0.15, -0.1) is 0 Å². The van der Waals surface area contributed by atoms with Gasteiger partial charge in [-0.05, 0) is 48.2 Å². The van der Waals surface area contributed by atoms with E-state index in [1.807, 2.05) is 35.2 Å². The Balaban J connectivity index is 1.30. The molecule has 0 aliphatic carbocycles. The first-order valence-electron chi connectivity index (χ1n) is 12.2. The van der Waals surface area contributed by atoms with Gasteiger partial charge in [-0.25, -0.2) is 0 Å². The second-order valence-electron chi connectivity index (χ2n) is 9.10. The van der Waals surface area contributed by atoms with E-state index in [1.54, 1.807) is 13.3 Å². The van der Waals surface area contributed by atoms with Crippen molar-refractivity contribution >= 4 is 5.69 Å². The fourth-order valence-electron chi connectivity index (χ4n) is 4.55. The molecule has 5 N–H and O–H groups in total. The van der Waals surface area contributed by atoms with E-state index < -0.39 is 24.4 Å². The quantitative estimate of drug-likeness (QED) is 0.281. The summed E-state index contributed by atoms with van der Waals surface area (Å²) < 4.78 is 5.45. The Labute approximate surface area is 211 Å². The topological polar surface area (TPSA) is 131 Å². The molecule has 0 bridgehead atoms. The lowest BCUT2D eigenvalue weighted by Crippen LogP contribution is -2.62. The second-order valence-corrected chi connectivity index (χ2v) is 9.10. The van der Waals surface area contributed by atoms with E-state index in [2.05, 4.69) is 39.8 Å². The van der Waals surface area contributed by atoms with Crippen molar-refractivity contribution in [3.05, 3.63) is 71.9 Å². The molecule has 4 rings (SSSR count). The zero-order valence-corrected chi connectivity index (χ0v) is 20.4. The van der Waals surface area contributed by atoms with Crippen molar-refractivity contribution in [3.63, 3.8) is 0 Å². The van der Waals surface area contributed by atoms with Gasteiger partial charge in [0, 0.05) is 43.1 Å². The molecule has 1 aliphatic rings. The van der Waals surface area contributed by atoms with Crippen LogP contribution in [0, 0.1) is 0 Å². The molecule has 2 aromatic carbocycles. The monoisotopic (exact) mass is 494 g/mol. The molecule has 1 aliphatic heterocycles. The number of nitrogens with one attached hydrogen (secondary N) is 1. The molecule has 1 aromatic heterocycles. The van der Waals surface area contributed by atoms with Gasteiger partial charge in [0.25, 0.3) is 0 Å². The van der Waals surface area contributed by atoms with Crippen LogP contribution < -0.4 is 10.1 Å². The molecular weight excluding hydrogens is 460 g/mol. The van der Waals surface area contributed by atoms with Crippen molar-refractivity contribution in [2.24, 2.45) is 0 Å². The maximum absolute atomic E-state index is 10.1. The molecule has 9 nitrogen and oxygen atoms in total. The summed E-state index contributed by atoms with van der Waals surface area (Å²) in [5.74, 6) is 0.747. The lowest BCUT2D eigenvalue weighted by molar-refractivity contribution is -0.144. The zero-order valence-electron chi connectivity index (χ0n) is 20.4. The van der Waals surface area contributed by atoms with Gasteiger partial charge in [0.1, 0.15) is 18.0 Å². The zero-order chi connectivity index (χ0) is 25.5. The van der Waals surface area contributed by atoms with Crippen molar-refractivity contribution < 1.29 is 25.2 Å². The number of methoxy groups -OCH3 is 1. The minimum Gasteiger partial charge on any atom is -0.497 e. The van der Waals surface area contributed by atoms with E-state index in [-0.39, 0.29) is 13.2 Å². The van der Waals surface area contributed by atoms with Gasteiger partial charge in [0.2, 0.25) is 0 Å². The van der Waals surface area contributed by atoms with Gasteiger partial charge < -0.3 is 30.5 Å². The lowest BCUT2D eigenvalue weighted by Gasteiger charge is -2.43. The first kappa shape index (κ1) is 26.0. The molecule has 36 heavy (non-hydrogen) atoms. The number of ether oxygens (including phenoxy) is 1. The smallest absolute Gasteiger partial charge is 0.121 e. The van der Waals surface area contributed by atoms with Crippen molar-refractivity contribution in [2.75, 3.05) is 38.7 Å². The Morgan fingerprint density at radius 1 is 1.00 bits per heavy atom. The van der Waals surface area contributed by atoms with Gasteiger partial charge in [-0.1, -0.05) is 24.3 Å². The van der Waals surface area contributed by atoms with Crippen molar-refractivity contribution in [3.8, 4) is 17.0 Å². The Morgan fingerprint density at radius 3 is 2.42 bits per heavy atom. The summed E-state index contributed by atoms with van der Waals surface area (Å²) in [5.41, 5.74) is 4.98. The van der Waals surface area contributed by atoms with E-state index >= 15 is 0 Å². The second kappa shape index (κ2) is 12.2. The fourth-order valence-corrected chi connectivity index (χ4v) is 4.55. The van der Waals surface area contributed by atoms with Crippen LogP contribution in [0.2, 0.25) is 0 Å². The molecule has 0 amide bonds. The average molecular weight is 495 g/mol. The van der Waals surface area contributed by atoms with Crippen molar-refractivity contribution in [1.82, 2.24) is 15.1 Å². The van der Waals surface area contributed by atoms with Crippen LogP contribution in [0.3, 0.4) is 0 Å². The molecule has 0 spiro atoms. The molecular formula is C27H34N4O5. The summed E-state index contributed by atoms with van der Waals surface area (Å²) in [6.07, 6.45) is -0.240. The highest BCUT2D eigenvalue weighted by Crippen LogP contribution is 2.27. The Hall–Kier alpha value is -3.08. The van der Waals surface area contributed by atoms with Crippen molar-refractivity contribution in [1.29, 1.82) is 0 Å². The van der Waals surface area contributed by atoms with Crippen molar-refractivity contribution in [2.45, 2.75) is 37.2 Å². The number of aliphatic hydroxyl groups is 4. The number of hydrogen-bond donors (Lipinski definition) is 5. The third-order valence-electron chi connectivity index (χ3n) is 6.68. The number of aliphatic hydroxyl groups excluding tert-OH is 4. The molecule has 1 saturated heterocycles. The van der Waals surface area contributed by atoms with Crippen LogP contribution in [0.15, 0.2) is 60.8 Å². The lowest BCUT2D eigenvalue weighted by atomic mass is 9.93. The summed E-state index contributed by atoms with van der Waals surface area (Å²) >= 11 is 0. The highest BCUT2D eigenvalue weighted by Gasteiger charge is 2.40. The summed E-state index contributed by atoms with van der Waals surface area (Å²) in [5, 5.41) is 51.2. The first-order chi connectivity index (χ1) is 17.5. The summed E-state index contributed by atoms with van der Waals surface area (Å²) in [6, 6.07) is 17.5. The molecule has 1 fully saturated rings.